The van der Waals surface area contributed by atoms with Crippen LogP contribution in [0.5, 0.6) is 0 Å². The third kappa shape index (κ3) is 2.30. The quantitative estimate of drug-likeness (QED) is 0.554. The van der Waals surface area contributed by atoms with Gasteiger partial charge in [0, 0.05) is 0 Å². The molecule has 9 heavy (non-hydrogen) atoms. The Morgan fingerprint density at radius 3 is 2.44 bits per heavy atom. The van der Waals surface area contributed by atoms with Crippen molar-refractivity contribution in [2.45, 2.75) is 38.2 Å². The van der Waals surface area contributed by atoms with Crippen LogP contribution in [-0.4, -0.2) is 11.3 Å². The van der Waals surface area contributed by atoms with Crippen LogP contribution in [0.15, 0.2) is 0 Å². The molecule has 0 atom stereocenters. The molecule has 0 aromatic heterocycles. The first-order valence-electron chi connectivity index (χ1n) is 3.48. The molecular weight excluding hydrogens is 118 g/mol. The molecule has 0 heterocycles. The minimum atomic E-state index is 0.240. The largest absolute Gasteiger partial charge is 0.292 e. The number of nitrogens with one attached hydrogen (secondary N) is 1. The fourth-order valence-electron chi connectivity index (χ4n) is 1.26. The standard InChI is InChI=1S/C6H13NO2/c8-7-9-6-4-2-1-3-5-6/h6-8H,1-5H2. The zero-order chi connectivity index (χ0) is 6.53. The van der Waals surface area contributed by atoms with Gasteiger partial charge in [0.05, 0.1) is 6.10 Å². The number of rotatable bonds is 2. The van der Waals surface area contributed by atoms with Gasteiger partial charge in [0.2, 0.25) is 0 Å². The molecule has 0 aromatic rings. The average Bonchev–Trinajstić information content (AvgIpc) is 1.91. The Hall–Kier alpha value is -0.120. The number of hydrogen-bond acceptors (Lipinski definition) is 3. The van der Waals surface area contributed by atoms with Gasteiger partial charge in [0.1, 0.15) is 0 Å². The Labute approximate surface area is 54.9 Å². The van der Waals surface area contributed by atoms with Crippen molar-refractivity contribution in [1.82, 2.24) is 5.64 Å². The van der Waals surface area contributed by atoms with E-state index in [1.165, 1.54) is 19.3 Å². The predicted molar refractivity (Wildman–Crippen MR) is 32.9 cm³/mol. The highest BCUT2D eigenvalue weighted by molar-refractivity contribution is 4.63. The second-order valence-electron chi connectivity index (χ2n) is 2.47. The Morgan fingerprint density at radius 2 is 1.89 bits per heavy atom. The van der Waals surface area contributed by atoms with Crippen molar-refractivity contribution in [1.29, 1.82) is 0 Å². The van der Waals surface area contributed by atoms with Crippen LogP contribution in [0.25, 0.3) is 0 Å². The molecule has 3 nitrogen and oxygen atoms in total. The van der Waals surface area contributed by atoms with E-state index in [-0.39, 0.29) is 6.10 Å². The molecule has 0 spiro atoms. The van der Waals surface area contributed by atoms with Crippen molar-refractivity contribution in [2.75, 3.05) is 0 Å². The van der Waals surface area contributed by atoms with Gasteiger partial charge in [-0.25, -0.2) is 0 Å². The van der Waals surface area contributed by atoms with Crippen LogP contribution in [0, 0.1) is 0 Å². The van der Waals surface area contributed by atoms with E-state index < -0.39 is 0 Å². The second-order valence-corrected chi connectivity index (χ2v) is 2.47. The SMILES string of the molecule is ONOC1CCCCC1. The van der Waals surface area contributed by atoms with Crippen LogP contribution in [0.2, 0.25) is 0 Å². The lowest BCUT2D eigenvalue weighted by Gasteiger charge is -2.19. The lowest BCUT2D eigenvalue weighted by Crippen LogP contribution is -2.23. The van der Waals surface area contributed by atoms with E-state index in [0.29, 0.717) is 0 Å². The van der Waals surface area contributed by atoms with Crippen LogP contribution in [0.4, 0.5) is 0 Å². The van der Waals surface area contributed by atoms with Crippen molar-refractivity contribution < 1.29 is 10.0 Å². The fraction of sp³-hybridized carbons (Fsp3) is 1.00. The highest BCUT2D eigenvalue weighted by atomic mass is 16.8. The van der Waals surface area contributed by atoms with Gasteiger partial charge in [-0.1, -0.05) is 24.9 Å². The van der Waals surface area contributed by atoms with Gasteiger partial charge >= 0.3 is 0 Å². The summed E-state index contributed by atoms with van der Waals surface area (Å²) in [7, 11) is 0. The first-order chi connectivity index (χ1) is 4.43. The molecule has 0 saturated heterocycles. The first-order valence-corrected chi connectivity index (χ1v) is 3.48. The van der Waals surface area contributed by atoms with E-state index in [1.54, 1.807) is 5.64 Å². The second kappa shape index (κ2) is 3.82. The van der Waals surface area contributed by atoms with Crippen LogP contribution in [0.3, 0.4) is 0 Å². The van der Waals surface area contributed by atoms with Gasteiger partial charge in [-0.2, -0.15) is 0 Å². The summed E-state index contributed by atoms with van der Waals surface area (Å²) in [6.07, 6.45) is 6.16. The average molecular weight is 131 g/mol. The van der Waals surface area contributed by atoms with E-state index in [2.05, 4.69) is 0 Å². The molecule has 3 heteroatoms. The van der Waals surface area contributed by atoms with Gasteiger partial charge in [-0.15, -0.1) is 0 Å². The molecule has 1 fully saturated rings. The summed E-state index contributed by atoms with van der Waals surface area (Å²) >= 11 is 0. The maximum absolute atomic E-state index is 8.15. The lowest BCUT2D eigenvalue weighted by atomic mass is 9.98. The summed E-state index contributed by atoms with van der Waals surface area (Å²) in [6, 6.07) is 0. The van der Waals surface area contributed by atoms with E-state index in [9.17, 15) is 0 Å². The topological polar surface area (TPSA) is 41.5 Å². The van der Waals surface area contributed by atoms with Crippen LogP contribution < -0.4 is 5.64 Å². The van der Waals surface area contributed by atoms with Crippen LogP contribution in [-0.2, 0) is 4.84 Å². The van der Waals surface area contributed by atoms with Gasteiger partial charge in [0.25, 0.3) is 0 Å². The molecular formula is C6H13NO2. The molecule has 1 saturated carbocycles. The highest BCUT2D eigenvalue weighted by Gasteiger charge is 2.12. The molecule has 2 N–H and O–H groups in total. The van der Waals surface area contributed by atoms with E-state index in [1.807, 2.05) is 0 Å². The van der Waals surface area contributed by atoms with E-state index >= 15 is 0 Å². The molecule has 1 rings (SSSR count). The molecule has 1 aliphatic rings. The normalized spacial score (nSPS) is 22.3. The van der Waals surface area contributed by atoms with Crippen molar-refractivity contribution in [3.8, 4) is 0 Å². The van der Waals surface area contributed by atoms with E-state index in [4.69, 9.17) is 10.0 Å². The van der Waals surface area contributed by atoms with Crippen molar-refractivity contribution in [3.05, 3.63) is 0 Å². The molecule has 54 valence electrons. The Bertz CT molecular complexity index is 68.7. The molecule has 0 unspecified atom stereocenters. The monoisotopic (exact) mass is 131 g/mol. The smallest absolute Gasteiger partial charge is 0.0817 e. The fourth-order valence-corrected chi connectivity index (χ4v) is 1.26. The summed E-state index contributed by atoms with van der Waals surface area (Å²) < 4.78 is 0. The maximum atomic E-state index is 8.15. The Morgan fingerprint density at radius 1 is 1.22 bits per heavy atom. The molecule has 0 bridgehead atoms. The van der Waals surface area contributed by atoms with Crippen LogP contribution in [0.1, 0.15) is 32.1 Å². The third-order valence-electron chi connectivity index (χ3n) is 1.77. The summed E-state index contributed by atoms with van der Waals surface area (Å²) in [5.74, 6) is 0. The minimum Gasteiger partial charge on any atom is -0.292 e. The first kappa shape index (κ1) is 6.99. The summed E-state index contributed by atoms with van der Waals surface area (Å²) in [5, 5.41) is 8.15. The molecule has 0 aromatic carbocycles. The number of hydrogen-bond donors (Lipinski definition) is 2. The van der Waals surface area contributed by atoms with Gasteiger partial charge in [0.15, 0.2) is 0 Å². The van der Waals surface area contributed by atoms with Gasteiger partial charge in [-0.3, -0.25) is 10.0 Å². The van der Waals surface area contributed by atoms with Crippen molar-refractivity contribution >= 4 is 0 Å². The maximum Gasteiger partial charge on any atom is 0.0817 e. The molecule has 0 radical (unpaired) electrons. The summed E-state index contributed by atoms with van der Waals surface area (Å²) in [5.41, 5.74) is 1.74. The van der Waals surface area contributed by atoms with E-state index in [0.717, 1.165) is 12.8 Å². The Kier molecular flexibility index (Phi) is 2.97. The summed E-state index contributed by atoms with van der Waals surface area (Å²) in [4.78, 5) is 4.79. The predicted octanol–water partition coefficient (Wildman–Crippen LogP) is 1.23. The summed E-state index contributed by atoms with van der Waals surface area (Å²) in [6.45, 7) is 0. The van der Waals surface area contributed by atoms with Crippen molar-refractivity contribution in [2.24, 2.45) is 0 Å². The van der Waals surface area contributed by atoms with Gasteiger partial charge < -0.3 is 0 Å². The highest BCUT2D eigenvalue weighted by Crippen LogP contribution is 2.18. The zero-order valence-corrected chi connectivity index (χ0v) is 5.47. The van der Waals surface area contributed by atoms with Crippen molar-refractivity contribution in [3.63, 3.8) is 0 Å². The molecule has 0 aliphatic heterocycles. The lowest BCUT2D eigenvalue weighted by molar-refractivity contribution is -0.169. The third-order valence-corrected chi connectivity index (χ3v) is 1.77. The van der Waals surface area contributed by atoms with Crippen LogP contribution >= 0.6 is 0 Å². The molecule has 0 amide bonds. The molecule has 1 aliphatic carbocycles. The van der Waals surface area contributed by atoms with Gasteiger partial charge in [-0.05, 0) is 12.8 Å². The minimum absolute atomic E-state index is 0.240. The zero-order valence-electron chi connectivity index (χ0n) is 5.47. The Balaban J connectivity index is 2.08.